The Kier molecular flexibility index (Phi) is 6.52. The van der Waals surface area contributed by atoms with E-state index in [4.69, 9.17) is 10.2 Å². The Balaban J connectivity index is 3.05. The van der Waals surface area contributed by atoms with E-state index in [0.29, 0.717) is 5.82 Å². The first-order valence-electron chi connectivity index (χ1n) is 6.75. The number of aryl methyl sites for hydroxylation is 1. The second kappa shape index (κ2) is 7.91. The van der Waals surface area contributed by atoms with Crippen LogP contribution in [0, 0.1) is 6.92 Å². The van der Waals surface area contributed by atoms with Crippen LogP contribution in [-0.2, 0) is 6.42 Å². The number of aliphatic hydroxyl groups excluding tert-OH is 2. The summed E-state index contributed by atoms with van der Waals surface area (Å²) in [5.74, 6) is 2.24. The summed E-state index contributed by atoms with van der Waals surface area (Å²) in [6.07, 6.45) is 1.77. The van der Waals surface area contributed by atoms with Gasteiger partial charge in [0.05, 0.1) is 19.3 Å². The molecule has 19 heavy (non-hydrogen) atoms. The Hall–Kier alpha value is -1.40. The van der Waals surface area contributed by atoms with Gasteiger partial charge in [-0.25, -0.2) is 9.97 Å². The quantitative estimate of drug-likeness (QED) is 0.561. The zero-order chi connectivity index (χ0) is 14.3. The Morgan fingerprint density at radius 2 is 1.74 bits per heavy atom. The van der Waals surface area contributed by atoms with Gasteiger partial charge >= 0.3 is 0 Å². The summed E-state index contributed by atoms with van der Waals surface area (Å²) in [4.78, 5) is 8.94. The molecule has 1 rings (SSSR count). The Morgan fingerprint density at radius 1 is 1.11 bits per heavy atom. The van der Waals surface area contributed by atoms with Gasteiger partial charge in [0, 0.05) is 18.5 Å². The van der Waals surface area contributed by atoms with Crippen molar-refractivity contribution in [2.45, 2.75) is 39.7 Å². The van der Waals surface area contributed by atoms with Crippen molar-refractivity contribution in [2.75, 3.05) is 30.4 Å². The minimum atomic E-state index is -0.405. The number of nitrogens with one attached hydrogen (secondary N) is 2. The number of hydrogen-bond acceptors (Lipinski definition) is 6. The predicted octanol–water partition coefficient (Wildman–Crippen LogP) is 0.934. The zero-order valence-electron chi connectivity index (χ0n) is 11.9. The topological polar surface area (TPSA) is 90.3 Å². The van der Waals surface area contributed by atoms with Crippen LogP contribution in [-0.4, -0.2) is 46.0 Å². The Morgan fingerprint density at radius 3 is 2.26 bits per heavy atom. The van der Waals surface area contributed by atoms with Crippen LogP contribution in [0.15, 0.2) is 0 Å². The molecule has 4 N–H and O–H groups in total. The third kappa shape index (κ3) is 4.33. The summed E-state index contributed by atoms with van der Waals surface area (Å²) < 4.78 is 0. The van der Waals surface area contributed by atoms with Crippen molar-refractivity contribution in [2.24, 2.45) is 0 Å². The molecule has 1 aromatic rings. The summed E-state index contributed by atoms with van der Waals surface area (Å²) in [5, 5.41) is 24.5. The summed E-state index contributed by atoms with van der Waals surface area (Å²) in [6, 6.07) is -0.405. The highest BCUT2D eigenvalue weighted by Crippen LogP contribution is 2.21. The normalized spacial score (nSPS) is 10.8. The molecule has 0 aromatic carbocycles. The molecule has 6 nitrogen and oxygen atoms in total. The van der Waals surface area contributed by atoms with Crippen LogP contribution >= 0.6 is 0 Å². The molecule has 1 aromatic heterocycles. The summed E-state index contributed by atoms with van der Waals surface area (Å²) in [7, 11) is 0. The number of hydrogen-bond donors (Lipinski definition) is 4. The molecule has 0 amide bonds. The molecule has 0 bridgehead atoms. The highest BCUT2D eigenvalue weighted by Gasteiger charge is 2.13. The average molecular weight is 268 g/mol. The summed E-state index contributed by atoms with van der Waals surface area (Å²) >= 11 is 0. The molecule has 0 radical (unpaired) electrons. The molecule has 6 heteroatoms. The van der Waals surface area contributed by atoms with Gasteiger partial charge in [-0.1, -0.05) is 6.92 Å². The van der Waals surface area contributed by atoms with Crippen molar-refractivity contribution < 1.29 is 10.2 Å². The molecular weight excluding hydrogens is 244 g/mol. The monoisotopic (exact) mass is 268 g/mol. The number of rotatable bonds is 8. The van der Waals surface area contributed by atoms with E-state index in [2.05, 4.69) is 27.5 Å². The van der Waals surface area contributed by atoms with Crippen LogP contribution in [0.1, 0.15) is 31.7 Å². The molecule has 0 saturated heterocycles. The Bertz CT molecular complexity index is 394. The molecule has 0 unspecified atom stereocenters. The van der Waals surface area contributed by atoms with E-state index in [9.17, 15) is 0 Å². The molecule has 0 aliphatic rings. The Labute approximate surface area is 114 Å². The van der Waals surface area contributed by atoms with Crippen molar-refractivity contribution in [3.05, 3.63) is 11.4 Å². The van der Waals surface area contributed by atoms with E-state index in [1.165, 1.54) is 0 Å². The molecular formula is C13H24N4O2. The van der Waals surface area contributed by atoms with Gasteiger partial charge < -0.3 is 20.8 Å². The molecule has 1 heterocycles. The lowest BCUT2D eigenvalue weighted by Crippen LogP contribution is -2.29. The fraction of sp³-hybridized carbons (Fsp3) is 0.692. The first-order valence-corrected chi connectivity index (χ1v) is 6.75. The van der Waals surface area contributed by atoms with Crippen LogP contribution in [0.2, 0.25) is 0 Å². The highest BCUT2D eigenvalue weighted by molar-refractivity contribution is 5.57. The lowest BCUT2D eigenvalue weighted by atomic mass is 10.2. The number of nitrogens with zero attached hydrogens (tertiary/aromatic N) is 2. The van der Waals surface area contributed by atoms with Gasteiger partial charge in [-0.3, -0.25) is 0 Å². The first-order chi connectivity index (χ1) is 9.15. The van der Waals surface area contributed by atoms with E-state index < -0.39 is 6.04 Å². The van der Waals surface area contributed by atoms with E-state index in [1.54, 1.807) is 0 Å². The lowest BCUT2D eigenvalue weighted by Gasteiger charge is -2.18. The maximum absolute atomic E-state index is 9.14. The lowest BCUT2D eigenvalue weighted by molar-refractivity contribution is 0.203. The molecule has 0 spiro atoms. The van der Waals surface area contributed by atoms with Crippen LogP contribution in [0.3, 0.4) is 0 Å². The van der Waals surface area contributed by atoms with Crippen molar-refractivity contribution in [3.8, 4) is 0 Å². The van der Waals surface area contributed by atoms with E-state index in [1.807, 2.05) is 13.8 Å². The van der Waals surface area contributed by atoms with Crippen LogP contribution in [0.5, 0.6) is 0 Å². The SMILES string of the molecule is CCCc1nc(NCC)c(C)c(NC(CO)CO)n1. The van der Waals surface area contributed by atoms with Gasteiger partial charge in [0.1, 0.15) is 17.5 Å². The second-order valence-corrected chi connectivity index (χ2v) is 4.45. The fourth-order valence-corrected chi connectivity index (χ4v) is 1.72. The predicted molar refractivity (Wildman–Crippen MR) is 76.5 cm³/mol. The molecule has 0 aliphatic heterocycles. The van der Waals surface area contributed by atoms with Gasteiger partial charge in [0.25, 0.3) is 0 Å². The fourth-order valence-electron chi connectivity index (χ4n) is 1.72. The summed E-state index contributed by atoms with van der Waals surface area (Å²) in [5.41, 5.74) is 0.897. The number of anilines is 2. The van der Waals surface area contributed by atoms with Crippen molar-refractivity contribution in [1.29, 1.82) is 0 Å². The van der Waals surface area contributed by atoms with Gasteiger partial charge in [0.2, 0.25) is 0 Å². The van der Waals surface area contributed by atoms with Gasteiger partial charge in [-0.05, 0) is 20.3 Å². The highest BCUT2D eigenvalue weighted by atomic mass is 16.3. The van der Waals surface area contributed by atoms with Crippen LogP contribution in [0.25, 0.3) is 0 Å². The number of aromatic nitrogens is 2. The van der Waals surface area contributed by atoms with Crippen molar-refractivity contribution in [3.63, 3.8) is 0 Å². The van der Waals surface area contributed by atoms with Crippen molar-refractivity contribution >= 4 is 11.6 Å². The minimum absolute atomic E-state index is 0.139. The second-order valence-electron chi connectivity index (χ2n) is 4.45. The minimum Gasteiger partial charge on any atom is -0.394 e. The van der Waals surface area contributed by atoms with E-state index >= 15 is 0 Å². The zero-order valence-corrected chi connectivity index (χ0v) is 11.9. The molecule has 0 atom stereocenters. The largest absolute Gasteiger partial charge is 0.394 e. The van der Waals surface area contributed by atoms with Gasteiger partial charge in [-0.15, -0.1) is 0 Å². The van der Waals surface area contributed by atoms with Gasteiger partial charge in [0.15, 0.2) is 0 Å². The van der Waals surface area contributed by atoms with Crippen molar-refractivity contribution in [1.82, 2.24) is 9.97 Å². The standard InChI is InChI=1S/C13H24N4O2/c1-4-6-11-16-12(14-5-2)9(3)13(17-11)15-10(7-18)8-19/h10,18-19H,4-8H2,1-3H3,(H2,14,15,16,17). The van der Waals surface area contributed by atoms with Gasteiger partial charge in [-0.2, -0.15) is 0 Å². The van der Waals surface area contributed by atoms with E-state index in [-0.39, 0.29) is 13.2 Å². The number of aliphatic hydroxyl groups is 2. The third-order valence-corrected chi connectivity index (χ3v) is 2.79. The maximum Gasteiger partial charge on any atom is 0.135 e. The third-order valence-electron chi connectivity index (χ3n) is 2.79. The molecule has 108 valence electrons. The van der Waals surface area contributed by atoms with E-state index in [0.717, 1.165) is 36.6 Å². The summed E-state index contributed by atoms with van der Waals surface area (Å²) in [6.45, 7) is 6.51. The smallest absolute Gasteiger partial charge is 0.135 e. The van der Waals surface area contributed by atoms with Crippen LogP contribution in [0.4, 0.5) is 11.6 Å². The molecule has 0 fully saturated rings. The average Bonchev–Trinajstić information content (AvgIpc) is 2.41. The van der Waals surface area contributed by atoms with Crippen LogP contribution < -0.4 is 10.6 Å². The maximum atomic E-state index is 9.14. The molecule has 0 aliphatic carbocycles. The molecule has 0 saturated carbocycles. The first kappa shape index (κ1) is 15.7.